The fourth-order valence-electron chi connectivity index (χ4n) is 1.41. The van der Waals surface area contributed by atoms with Crippen molar-refractivity contribution in [3.8, 4) is 16.8 Å². The molecule has 0 fully saturated rings. The quantitative estimate of drug-likeness (QED) is 0.863. The Bertz CT molecular complexity index is 592. The number of thiazole rings is 1. The van der Waals surface area contributed by atoms with Crippen molar-refractivity contribution in [3.05, 3.63) is 23.2 Å². The summed E-state index contributed by atoms with van der Waals surface area (Å²) in [6.45, 7) is 1.77. The molecule has 5 nitrogen and oxygen atoms in total. The van der Waals surface area contributed by atoms with E-state index in [4.69, 9.17) is 11.0 Å². The van der Waals surface area contributed by atoms with Crippen LogP contribution in [0.4, 0.5) is 5.69 Å². The van der Waals surface area contributed by atoms with E-state index in [0.717, 1.165) is 0 Å². The zero-order valence-electron chi connectivity index (χ0n) is 9.58. The van der Waals surface area contributed by atoms with E-state index in [2.05, 4.69) is 9.97 Å². The number of rotatable bonds is 3. The normalized spacial score (nSPS) is 12.1. The molecule has 92 valence electrons. The van der Waals surface area contributed by atoms with Gasteiger partial charge in [0.15, 0.2) is 5.56 Å². The van der Waals surface area contributed by atoms with Crippen LogP contribution < -0.4 is 5.73 Å². The minimum Gasteiger partial charge on any atom is -0.610 e. The molecular weight excluding hydrogens is 268 g/mol. The molecule has 0 aliphatic rings. The van der Waals surface area contributed by atoms with Gasteiger partial charge in [-0.1, -0.05) is 0 Å². The van der Waals surface area contributed by atoms with Crippen molar-refractivity contribution in [2.45, 2.75) is 11.9 Å². The predicted molar refractivity (Wildman–Crippen MR) is 71.4 cm³/mol. The zero-order chi connectivity index (χ0) is 13.1. The predicted octanol–water partition coefficient (Wildman–Crippen LogP) is 1.79. The van der Waals surface area contributed by atoms with Crippen molar-refractivity contribution in [2.75, 3.05) is 11.5 Å². The Labute approximate surface area is 111 Å². The molecule has 0 spiro atoms. The highest BCUT2D eigenvalue weighted by atomic mass is 32.2. The number of nitrogens with two attached hydrogens (primary N) is 1. The number of hydrogen-bond acceptors (Lipinski definition) is 6. The van der Waals surface area contributed by atoms with Gasteiger partial charge in [-0.3, -0.25) is 0 Å². The van der Waals surface area contributed by atoms with Crippen LogP contribution in [0.1, 0.15) is 12.5 Å². The van der Waals surface area contributed by atoms with Crippen molar-refractivity contribution in [3.63, 3.8) is 0 Å². The lowest BCUT2D eigenvalue weighted by Crippen LogP contribution is -2.11. The van der Waals surface area contributed by atoms with Crippen LogP contribution in [-0.4, -0.2) is 20.3 Å². The number of anilines is 1. The van der Waals surface area contributed by atoms with Crippen molar-refractivity contribution < 1.29 is 4.55 Å². The van der Waals surface area contributed by atoms with E-state index in [1.54, 1.807) is 19.2 Å². The maximum absolute atomic E-state index is 11.9. The lowest BCUT2D eigenvalue weighted by Gasteiger charge is -2.10. The Kier molecular flexibility index (Phi) is 3.81. The molecule has 2 N–H and O–H groups in total. The average molecular weight is 278 g/mol. The summed E-state index contributed by atoms with van der Waals surface area (Å²) in [5, 5.41) is 11.8. The Morgan fingerprint density at radius 2 is 2.39 bits per heavy atom. The van der Waals surface area contributed by atoms with Crippen LogP contribution in [-0.2, 0) is 11.2 Å². The molecule has 2 aromatic heterocycles. The fourth-order valence-corrected chi connectivity index (χ4v) is 2.88. The highest BCUT2D eigenvalue weighted by molar-refractivity contribution is 7.91. The molecule has 0 amide bonds. The lowest BCUT2D eigenvalue weighted by molar-refractivity contribution is 0.592. The summed E-state index contributed by atoms with van der Waals surface area (Å²) >= 11 is 0.0944. The molecule has 1 unspecified atom stereocenters. The van der Waals surface area contributed by atoms with E-state index in [1.807, 2.05) is 11.4 Å². The van der Waals surface area contributed by atoms with Crippen LogP contribution in [0.3, 0.4) is 0 Å². The molecule has 0 aliphatic heterocycles. The van der Waals surface area contributed by atoms with Gasteiger partial charge in [0.25, 0.3) is 5.03 Å². The Hall–Kier alpha value is -1.62. The maximum atomic E-state index is 11.9. The molecule has 2 rings (SSSR count). The van der Waals surface area contributed by atoms with Gasteiger partial charge in [0, 0.05) is 22.8 Å². The highest BCUT2D eigenvalue weighted by Crippen LogP contribution is 2.27. The molecule has 7 heteroatoms. The molecule has 18 heavy (non-hydrogen) atoms. The third-order valence-corrected chi connectivity index (χ3v) is 4.30. The van der Waals surface area contributed by atoms with Gasteiger partial charge in [0.1, 0.15) is 22.5 Å². The molecule has 0 aliphatic carbocycles. The first-order valence-electron chi connectivity index (χ1n) is 5.16. The standard InChI is InChI=1S/C11H10N4OS2/c1-2-18(16)11-7(6-12)8(13)5-9(15-11)10-14-3-4-17-10/h3-5H,2H2,1H3,(H2,13,15). The number of nitrogen functional groups attached to an aromatic ring is 1. The van der Waals surface area contributed by atoms with Crippen molar-refractivity contribution in [2.24, 2.45) is 0 Å². The second-order valence-corrected chi connectivity index (χ2v) is 5.91. The first kappa shape index (κ1) is 12.8. The minimum atomic E-state index is -1.32. The van der Waals surface area contributed by atoms with Crippen LogP contribution >= 0.6 is 11.3 Å². The number of nitrogens with zero attached hydrogens (tertiary/aromatic N) is 3. The monoisotopic (exact) mass is 278 g/mol. The zero-order valence-corrected chi connectivity index (χ0v) is 11.2. The molecule has 0 saturated heterocycles. The van der Waals surface area contributed by atoms with Crippen molar-refractivity contribution >= 4 is 28.2 Å². The Morgan fingerprint density at radius 1 is 1.61 bits per heavy atom. The van der Waals surface area contributed by atoms with Crippen LogP contribution in [0.25, 0.3) is 10.7 Å². The van der Waals surface area contributed by atoms with Gasteiger partial charge in [-0.05, 0) is 13.0 Å². The number of nitriles is 1. The Morgan fingerprint density at radius 3 is 2.94 bits per heavy atom. The van der Waals surface area contributed by atoms with E-state index in [1.165, 1.54) is 11.3 Å². The van der Waals surface area contributed by atoms with E-state index in [9.17, 15) is 4.55 Å². The number of hydrogen-bond donors (Lipinski definition) is 1. The molecule has 1 atom stereocenters. The third kappa shape index (κ3) is 2.31. The molecule has 2 heterocycles. The lowest BCUT2D eigenvalue weighted by atomic mass is 10.2. The largest absolute Gasteiger partial charge is 0.610 e. The van der Waals surface area contributed by atoms with E-state index < -0.39 is 11.2 Å². The number of aromatic nitrogens is 2. The van der Waals surface area contributed by atoms with E-state index >= 15 is 0 Å². The van der Waals surface area contributed by atoms with Gasteiger partial charge in [0.05, 0.1) is 5.69 Å². The fraction of sp³-hybridized carbons (Fsp3) is 0.182. The van der Waals surface area contributed by atoms with Gasteiger partial charge in [0.2, 0.25) is 0 Å². The summed E-state index contributed by atoms with van der Waals surface area (Å²) < 4.78 is 11.9. The van der Waals surface area contributed by atoms with Gasteiger partial charge < -0.3 is 10.3 Å². The SMILES string of the molecule is CC[S+]([O-])c1nc(-c2nccs2)cc(N)c1C#N. The van der Waals surface area contributed by atoms with Crippen LogP contribution in [0.5, 0.6) is 0 Å². The molecular formula is C11H10N4OS2. The maximum Gasteiger partial charge on any atom is 0.265 e. The summed E-state index contributed by atoms with van der Waals surface area (Å²) in [5.41, 5.74) is 6.84. The van der Waals surface area contributed by atoms with Crippen molar-refractivity contribution in [1.29, 1.82) is 5.26 Å². The van der Waals surface area contributed by atoms with Crippen molar-refractivity contribution in [1.82, 2.24) is 9.97 Å². The molecule has 0 bridgehead atoms. The summed E-state index contributed by atoms with van der Waals surface area (Å²) in [6, 6.07) is 3.55. The van der Waals surface area contributed by atoms with Crippen LogP contribution in [0.15, 0.2) is 22.7 Å². The highest BCUT2D eigenvalue weighted by Gasteiger charge is 2.21. The summed E-state index contributed by atoms with van der Waals surface area (Å²) in [6.07, 6.45) is 1.66. The Balaban J connectivity index is 2.60. The van der Waals surface area contributed by atoms with Gasteiger partial charge >= 0.3 is 0 Å². The average Bonchev–Trinajstić information content (AvgIpc) is 2.90. The first-order chi connectivity index (χ1) is 8.67. The molecule has 0 radical (unpaired) electrons. The van der Waals surface area contributed by atoms with Crippen LogP contribution in [0.2, 0.25) is 0 Å². The number of pyridine rings is 1. The topological polar surface area (TPSA) is 98.7 Å². The molecule has 0 saturated carbocycles. The molecule has 2 aromatic rings. The van der Waals surface area contributed by atoms with Crippen LogP contribution in [0, 0.1) is 11.3 Å². The first-order valence-corrected chi connectivity index (χ1v) is 7.36. The smallest absolute Gasteiger partial charge is 0.265 e. The van der Waals surface area contributed by atoms with Gasteiger partial charge in [-0.25, -0.2) is 4.98 Å². The summed E-state index contributed by atoms with van der Waals surface area (Å²) in [7, 11) is 0. The summed E-state index contributed by atoms with van der Waals surface area (Å²) in [4.78, 5) is 8.39. The minimum absolute atomic E-state index is 0.190. The van der Waals surface area contributed by atoms with Gasteiger partial charge in [-0.2, -0.15) is 10.2 Å². The van der Waals surface area contributed by atoms with E-state index in [-0.39, 0.29) is 16.3 Å². The third-order valence-electron chi connectivity index (χ3n) is 2.26. The summed E-state index contributed by atoms with van der Waals surface area (Å²) in [5.74, 6) is 0.391. The van der Waals surface area contributed by atoms with E-state index in [0.29, 0.717) is 16.5 Å². The van der Waals surface area contributed by atoms with Gasteiger partial charge in [-0.15, -0.1) is 11.3 Å². The molecule has 0 aromatic carbocycles. The second kappa shape index (κ2) is 5.35. The second-order valence-electron chi connectivity index (χ2n) is 3.36.